The summed E-state index contributed by atoms with van der Waals surface area (Å²) in [5, 5.41) is 7.21. The summed E-state index contributed by atoms with van der Waals surface area (Å²) in [5.74, 6) is -0.269. The standard InChI is InChI=1S/C11H9FN2O3/c1-7-11(14-17-13-7)6-16-10-3-8(5-15)2-9(12)4-10/h2-5H,6H2,1H3. The topological polar surface area (TPSA) is 65.2 Å². The molecule has 0 aliphatic heterocycles. The number of ether oxygens (including phenoxy) is 1. The first-order valence-corrected chi connectivity index (χ1v) is 4.85. The van der Waals surface area contributed by atoms with Gasteiger partial charge in [0.15, 0.2) is 0 Å². The van der Waals surface area contributed by atoms with E-state index in [4.69, 9.17) is 4.74 Å². The molecule has 0 aliphatic rings. The fourth-order valence-corrected chi connectivity index (χ4v) is 1.27. The molecule has 0 radical (unpaired) electrons. The highest BCUT2D eigenvalue weighted by Crippen LogP contribution is 2.17. The largest absolute Gasteiger partial charge is 0.487 e. The van der Waals surface area contributed by atoms with Gasteiger partial charge in [-0.2, -0.15) is 0 Å². The first kappa shape index (κ1) is 11.3. The molecule has 0 saturated carbocycles. The Morgan fingerprint density at radius 1 is 1.41 bits per heavy atom. The van der Waals surface area contributed by atoms with E-state index in [1.165, 1.54) is 12.1 Å². The summed E-state index contributed by atoms with van der Waals surface area (Å²) in [6.45, 7) is 1.83. The molecule has 0 bridgehead atoms. The van der Waals surface area contributed by atoms with E-state index in [1.807, 2.05) is 0 Å². The van der Waals surface area contributed by atoms with Crippen molar-refractivity contribution < 1.29 is 18.6 Å². The predicted octanol–water partition coefficient (Wildman–Crippen LogP) is 1.91. The average molecular weight is 236 g/mol. The molecule has 0 saturated heterocycles. The fourth-order valence-electron chi connectivity index (χ4n) is 1.27. The SMILES string of the molecule is Cc1nonc1COc1cc(F)cc(C=O)c1. The van der Waals surface area contributed by atoms with Gasteiger partial charge in [0.25, 0.3) is 0 Å². The van der Waals surface area contributed by atoms with Gasteiger partial charge in [-0.15, -0.1) is 0 Å². The lowest BCUT2D eigenvalue weighted by Gasteiger charge is -2.04. The Morgan fingerprint density at radius 3 is 2.88 bits per heavy atom. The molecule has 17 heavy (non-hydrogen) atoms. The molecule has 0 amide bonds. The second-order valence-corrected chi connectivity index (χ2v) is 3.42. The van der Waals surface area contributed by atoms with Crippen molar-refractivity contribution in [2.75, 3.05) is 0 Å². The highest BCUT2D eigenvalue weighted by molar-refractivity contribution is 5.75. The number of benzene rings is 1. The minimum absolute atomic E-state index is 0.108. The van der Waals surface area contributed by atoms with Gasteiger partial charge < -0.3 is 4.74 Å². The van der Waals surface area contributed by atoms with Gasteiger partial charge in [-0.25, -0.2) is 9.02 Å². The van der Waals surface area contributed by atoms with Crippen molar-refractivity contribution in [2.24, 2.45) is 0 Å². The van der Waals surface area contributed by atoms with Crippen LogP contribution in [0.3, 0.4) is 0 Å². The van der Waals surface area contributed by atoms with E-state index in [9.17, 15) is 9.18 Å². The Kier molecular flexibility index (Phi) is 3.13. The summed E-state index contributed by atoms with van der Waals surface area (Å²) >= 11 is 0. The first-order valence-electron chi connectivity index (χ1n) is 4.85. The van der Waals surface area contributed by atoms with E-state index in [0.717, 1.165) is 6.07 Å². The number of nitrogens with zero attached hydrogens (tertiary/aromatic N) is 2. The lowest BCUT2D eigenvalue weighted by molar-refractivity contribution is 0.112. The van der Waals surface area contributed by atoms with Gasteiger partial charge in [0.2, 0.25) is 0 Å². The van der Waals surface area contributed by atoms with Crippen molar-refractivity contribution in [3.8, 4) is 5.75 Å². The van der Waals surface area contributed by atoms with Crippen LogP contribution in [0.4, 0.5) is 4.39 Å². The molecule has 1 heterocycles. The van der Waals surface area contributed by atoms with Crippen LogP contribution in [-0.2, 0) is 6.61 Å². The summed E-state index contributed by atoms with van der Waals surface area (Å²) in [6, 6.07) is 3.76. The number of aromatic nitrogens is 2. The van der Waals surface area contributed by atoms with E-state index in [2.05, 4.69) is 14.9 Å². The van der Waals surface area contributed by atoms with Crippen LogP contribution in [-0.4, -0.2) is 16.6 Å². The molecule has 0 spiro atoms. The molecule has 88 valence electrons. The molecule has 0 aliphatic carbocycles. The van der Waals surface area contributed by atoms with Gasteiger partial charge in [-0.1, -0.05) is 10.3 Å². The first-order chi connectivity index (χ1) is 8.19. The van der Waals surface area contributed by atoms with Crippen molar-refractivity contribution >= 4 is 6.29 Å². The number of hydrogen-bond acceptors (Lipinski definition) is 5. The van der Waals surface area contributed by atoms with Crippen molar-refractivity contribution in [2.45, 2.75) is 13.5 Å². The van der Waals surface area contributed by atoms with Gasteiger partial charge in [0, 0.05) is 11.6 Å². The summed E-state index contributed by atoms with van der Waals surface area (Å²) < 4.78 is 22.9. The van der Waals surface area contributed by atoms with E-state index >= 15 is 0 Å². The normalized spacial score (nSPS) is 10.2. The van der Waals surface area contributed by atoms with Crippen LogP contribution in [0.25, 0.3) is 0 Å². The zero-order valence-corrected chi connectivity index (χ0v) is 9.01. The van der Waals surface area contributed by atoms with Crippen LogP contribution in [0.15, 0.2) is 22.8 Å². The summed E-state index contributed by atoms with van der Waals surface area (Å²) in [7, 11) is 0. The molecular weight excluding hydrogens is 227 g/mol. The Hall–Kier alpha value is -2.24. The number of carbonyl (C=O) groups is 1. The second-order valence-electron chi connectivity index (χ2n) is 3.42. The Morgan fingerprint density at radius 2 is 2.24 bits per heavy atom. The fraction of sp³-hybridized carbons (Fsp3) is 0.182. The number of aryl methyl sites for hydroxylation is 1. The third-order valence-corrected chi connectivity index (χ3v) is 2.15. The smallest absolute Gasteiger partial charge is 0.150 e. The lowest BCUT2D eigenvalue weighted by atomic mass is 10.2. The van der Waals surface area contributed by atoms with Crippen LogP contribution in [0.5, 0.6) is 5.75 Å². The maximum Gasteiger partial charge on any atom is 0.150 e. The third kappa shape index (κ3) is 2.66. The molecule has 2 rings (SSSR count). The maximum absolute atomic E-state index is 13.1. The molecule has 0 N–H and O–H groups in total. The van der Waals surface area contributed by atoms with Crippen LogP contribution < -0.4 is 4.74 Å². The van der Waals surface area contributed by atoms with Gasteiger partial charge in [0.05, 0.1) is 0 Å². The number of carbonyl (C=O) groups excluding carboxylic acids is 1. The highest BCUT2D eigenvalue weighted by Gasteiger charge is 2.07. The molecule has 1 aromatic heterocycles. The van der Waals surface area contributed by atoms with Gasteiger partial charge in [-0.3, -0.25) is 4.79 Å². The Bertz CT molecular complexity index is 539. The number of aldehydes is 1. The summed E-state index contributed by atoms with van der Waals surface area (Å²) in [4.78, 5) is 10.5. The number of hydrogen-bond donors (Lipinski definition) is 0. The molecule has 6 heteroatoms. The maximum atomic E-state index is 13.1. The van der Waals surface area contributed by atoms with Gasteiger partial charge in [-0.05, 0) is 19.1 Å². The van der Waals surface area contributed by atoms with Crippen molar-refractivity contribution in [3.05, 3.63) is 41.0 Å². The quantitative estimate of drug-likeness (QED) is 0.758. The van der Waals surface area contributed by atoms with Crippen LogP contribution in [0, 0.1) is 12.7 Å². The average Bonchev–Trinajstić information content (AvgIpc) is 2.71. The summed E-state index contributed by atoms with van der Waals surface area (Å²) in [5.41, 5.74) is 1.36. The monoisotopic (exact) mass is 236 g/mol. The Balaban J connectivity index is 2.11. The molecule has 0 unspecified atom stereocenters. The number of halogens is 1. The van der Waals surface area contributed by atoms with E-state index in [-0.39, 0.29) is 17.9 Å². The minimum atomic E-state index is -0.528. The predicted molar refractivity (Wildman–Crippen MR) is 55.2 cm³/mol. The van der Waals surface area contributed by atoms with Crippen LogP contribution in [0.1, 0.15) is 21.7 Å². The van der Waals surface area contributed by atoms with E-state index in [1.54, 1.807) is 6.92 Å². The molecular formula is C11H9FN2O3. The van der Waals surface area contributed by atoms with Crippen molar-refractivity contribution in [3.63, 3.8) is 0 Å². The van der Waals surface area contributed by atoms with Crippen LogP contribution in [0.2, 0.25) is 0 Å². The van der Waals surface area contributed by atoms with Gasteiger partial charge >= 0.3 is 0 Å². The van der Waals surface area contributed by atoms with Crippen molar-refractivity contribution in [1.29, 1.82) is 0 Å². The highest BCUT2D eigenvalue weighted by atomic mass is 19.1. The molecule has 0 fully saturated rings. The Labute approximate surface area is 96.2 Å². The molecule has 5 nitrogen and oxygen atoms in total. The second kappa shape index (κ2) is 4.73. The zero-order chi connectivity index (χ0) is 12.3. The van der Waals surface area contributed by atoms with E-state index < -0.39 is 5.82 Å². The third-order valence-electron chi connectivity index (χ3n) is 2.15. The molecule has 2 aromatic rings. The zero-order valence-electron chi connectivity index (χ0n) is 9.01. The minimum Gasteiger partial charge on any atom is -0.487 e. The summed E-state index contributed by atoms with van der Waals surface area (Å²) in [6.07, 6.45) is 0.554. The van der Waals surface area contributed by atoms with E-state index in [0.29, 0.717) is 17.7 Å². The number of rotatable bonds is 4. The van der Waals surface area contributed by atoms with Crippen LogP contribution >= 0.6 is 0 Å². The molecule has 0 atom stereocenters. The van der Waals surface area contributed by atoms with Gasteiger partial charge in [0.1, 0.15) is 35.8 Å². The lowest BCUT2D eigenvalue weighted by Crippen LogP contribution is -1.98. The molecule has 1 aromatic carbocycles. The van der Waals surface area contributed by atoms with Crippen molar-refractivity contribution in [1.82, 2.24) is 10.3 Å².